The summed E-state index contributed by atoms with van der Waals surface area (Å²) in [6, 6.07) is 1.85. The standard InChI is InChI=1S/C15H21N7O2/c1-11-9-12(2)22(15(24)18-11)4-3-13(23)20-5-7-21(8-6-20)14-16-10-17-19-14/h9-10H,3-8H2,1-2H3,(H,16,17,19). The van der Waals surface area contributed by atoms with Gasteiger partial charge in [0.2, 0.25) is 11.9 Å². The molecule has 0 bridgehead atoms. The van der Waals surface area contributed by atoms with Crippen LogP contribution in [0.15, 0.2) is 17.2 Å². The number of aromatic nitrogens is 5. The van der Waals surface area contributed by atoms with Crippen LogP contribution < -0.4 is 10.6 Å². The molecule has 9 nitrogen and oxygen atoms in total. The molecule has 9 heteroatoms. The van der Waals surface area contributed by atoms with Crippen LogP contribution in [0.25, 0.3) is 0 Å². The third-order valence-electron chi connectivity index (χ3n) is 4.23. The van der Waals surface area contributed by atoms with Crippen LogP contribution >= 0.6 is 0 Å². The molecular weight excluding hydrogens is 310 g/mol. The van der Waals surface area contributed by atoms with Crippen molar-refractivity contribution in [2.45, 2.75) is 26.8 Å². The molecule has 2 aromatic rings. The molecule has 1 aliphatic heterocycles. The molecule has 0 saturated carbocycles. The maximum absolute atomic E-state index is 12.4. The van der Waals surface area contributed by atoms with E-state index >= 15 is 0 Å². The largest absolute Gasteiger partial charge is 0.347 e. The lowest BCUT2D eigenvalue weighted by Crippen LogP contribution is -2.49. The minimum atomic E-state index is -0.296. The molecule has 1 fully saturated rings. The number of carbonyl (C=O) groups excluding carboxylic acids is 1. The minimum absolute atomic E-state index is 0.0547. The molecular formula is C15H21N7O2. The Morgan fingerprint density at radius 1 is 1.25 bits per heavy atom. The zero-order valence-electron chi connectivity index (χ0n) is 13.9. The van der Waals surface area contributed by atoms with Crippen LogP contribution in [0.1, 0.15) is 17.8 Å². The monoisotopic (exact) mass is 331 g/mol. The van der Waals surface area contributed by atoms with Crippen molar-refractivity contribution in [3.63, 3.8) is 0 Å². The van der Waals surface area contributed by atoms with Crippen molar-refractivity contribution in [1.29, 1.82) is 0 Å². The summed E-state index contributed by atoms with van der Waals surface area (Å²) in [5.41, 5.74) is 1.23. The Balaban J connectivity index is 1.54. The number of anilines is 1. The number of amides is 1. The number of aryl methyl sites for hydroxylation is 2. The average molecular weight is 331 g/mol. The predicted octanol–water partition coefficient (Wildman–Crippen LogP) is -0.283. The average Bonchev–Trinajstić information content (AvgIpc) is 3.08. The third-order valence-corrected chi connectivity index (χ3v) is 4.23. The Bertz CT molecular complexity index is 761. The van der Waals surface area contributed by atoms with Crippen molar-refractivity contribution < 1.29 is 4.79 Å². The van der Waals surface area contributed by atoms with Gasteiger partial charge in [0.15, 0.2) is 0 Å². The number of hydrogen-bond donors (Lipinski definition) is 1. The summed E-state index contributed by atoms with van der Waals surface area (Å²) in [5.74, 6) is 0.786. The van der Waals surface area contributed by atoms with Gasteiger partial charge in [-0.3, -0.25) is 9.36 Å². The number of H-pyrrole nitrogens is 1. The van der Waals surface area contributed by atoms with Gasteiger partial charge in [-0.05, 0) is 19.9 Å². The van der Waals surface area contributed by atoms with Gasteiger partial charge in [0.05, 0.1) is 0 Å². The van der Waals surface area contributed by atoms with Crippen molar-refractivity contribution in [1.82, 2.24) is 29.6 Å². The number of nitrogens with one attached hydrogen (secondary N) is 1. The van der Waals surface area contributed by atoms with Crippen LogP contribution in [0, 0.1) is 13.8 Å². The summed E-state index contributed by atoms with van der Waals surface area (Å²) >= 11 is 0. The highest BCUT2D eigenvalue weighted by molar-refractivity contribution is 5.76. The number of carbonyl (C=O) groups is 1. The van der Waals surface area contributed by atoms with E-state index in [4.69, 9.17) is 0 Å². The van der Waals surface area contributed by atoms with Crippen molar-refractivity contribution in [3.8, 4) is 0 Å². The minimum Gasteiger partial charge on any atom is -0.339 e. The van der Waals surface area contributed by atoms with E-state index in [2.05, 4.69) is 25.1 Å². The van der Waals surface area contributed by atoms with Crippen LogP contribution in [-0.2, 0) is 11.3 Å². The molecule has 1 aliphatic rings. The fourth-order valence-corrected chi connectivity index (χ4v) is 2.93. The molecule has 1 amide bonds. The van der Waals surface area contributed by atoms with E-state index in [1.807, 2.05) is 17.9 Å². The van der Waals surface area contributed by atoms with Gasteiger partial charge in [-0.2, -0.15) is 15.1 Å². The van der Waals surface area contributed by atoms with Crippen LogP contribution in [0.4, 0.5) is 5.95 Å². The van der Waals surface area contributed by atoms with Gasteiger partial charge < -0.3 is 9.80 Å². The van der Waals surface area contributed by atoms with Crippen LogP contribution in [0.2, 0.25) is 0 Å². The van der Waals surface area contributed by atoms with Gasteiger partial charge in [-0.1, -0.05) is 0 Å². The van der Waals surface area contributed by atoms with E-state index in [1.54, 1.807) is 11.5 Å². The van der Waals surface area contributed by atoms with Gasteiger partial charge in [-0.15, -0.1) is 0 Å². The van der Waals surface area contributed by atoms with Gasteiger partial charge in [0.1, 0.15) is 6.33 Å². The van der Waals surface area contributed by atoms with E-state index in [0.29, 0.717) is 44.8 Å². The molecule has 24 heavy (non-hydrogen) atoms. The third kappa shape index (κ3) is 3.44. The molecule has 0 spiro atoms. The second-order valence-electron chi connectivity index (χ2n) is 5.90. The van der Waals surface area contributed by atoms with E-state index in [-0.39, 0.29) is 11.6 Å². The number of rotatable bonds is 4. The zero-order chi connectivity index (χ0) is 17.1. The maximum Gasteiger partial charge on any atom is 0.347 e. The van der Waals surface area contributed by atoms with E-state index < -0.39 is 0 Å². The lowest BCUT2D eigenvalue weighted by atomic mass is 10.2. The fourth-order valence-electron chi connectivity index (χ4n) is 2.93. The molecule has 1 saturated heterocycles. The quantitative estimate of drug-likeness (QED) is 0.827. The Morgan fingerprint density at radius 3 is 2.62 bits per heavy atom. The maximum atomic E-state index is 12.4. The second-order valence-corrected chi connectivity index (χ2v) is 5.90. The highest BCUT2D eigenvalue weighted by Gasteiger charge is 2.22. The van der Waals surface area contributed by atoms with Gasteiger partial charge in [0, 0.05) is 50.5 Å². The molecule has 2 aromatic heterocycles. The Labute approximate surface area is 139 Å². The van der Waals surface area contributed by atoms with Crippen LogP contribution in [-0.4, -0.2) is 61.7 Å². The second kappa shape index (κ2) is 6.81. The summed E-state index contributed by atoms with van der Waals surface area (Å²) in [4.78, 5) is 36.3. The Morgan fingerprint density at radius 2 is 2.00 bits per heavy atom. The Kier molecular flexibility index (Phi) is 4.59. The molecule has 3 rings (SSSR count). The molecule has 3 heterocycles. The van der Waals surface area contributed by atoms with Crippen molar-refractivity contribution in [2.75, 3.05) is 31.1 Å². The molecule has 0 radical (unpaired) electrons. The molecule has 128 valence electrons. The van der Waals surface area contributed by atoms with Crippen molar-refractivity contribution >= 4 is 11.9 Å². The number of nitrogens with zero attached hydrogens (tertiary/aromatic N) is 6. The number of piperazine rings is 1. The summed E-state index contributed by atoms with van der Waals surface area (Å²) < 4.78 is 1.55. The summed E-state index contributed by atoms with van der Waals surface area (Å²) in [6.07, 6.45) is 1.77. The van der Waals surface area contributed by atoms with Crippen LogP contribution in [0.5, 0.6) is 0 Å². The lowest BCUT2D eigenvalue weighted by molar-refractivity contribution is -0.131. The highest BCUT2D eigenvalue weighted by atomic mass is 16.2. The first kappa shape index (κ1) is 16.2. The van der Waals surface area contributed by atoms with Crippen molar-refractivity contribution in [2.24, 2.45) is 0 Å². The first-order valence-electron chi connectivity index (χ1n) is 7.98. The smallest absolute Gasteiger partial charge is 0.339 e. The number of hydrogen-bond acceptors (Lipinski definition) is 6. The molecule has 0 atom stereocenters. The predicted molar refractivity (Wildman–Crippen MR) is 87.8 cm³/mol. The topological polar surface area (TPSA) is 100 Å². The van der Waals surface area contributed by atoms with Gasteiger partial charge >= 0.3 is 5.69 Å². The zero-order valence-corrected chi connectivity index (χ0v) is 13.9. The fraction of sp³-hybridized carbons (Fsp3) is 0.533. The van der Waals surface area contributed by atoms with E-state index in [0.717, 1.165) is 11.6 Å². The van der Waals surface area contributed by atoms with E-state index in [1.165, 1.54) is 6.33 Å². The number of aromatic amines is 1. The summed E-state index contributed by atoms with van der Waals surface area (Å²) in [6.45, 7) is 6.71. The summed E-state index contributed by atoms with van der Waals surface area (Å²) in [5, 5.41) is 6.67. The SMILES string of the molecule is Cc1cc(C)n(CCC(=O)N2CCN(c3ncn[nH]3)CC2)c(=O)n1. The normalized spacial score (nSPS) is 14.9. The van der Waals surface area contributed by atoms with Gasteiger partial charge in [0.25, 0.3) is 0 Å². The van der Waals surface area contributed by atoms with Crippen molar-refractivity contribution in [3.05, 3.63) is 34.3 Å². The molecule has 1 N–H and O–H groups in total. The summed E-state index contributed by atoms with van der Waals surface area (Å²) in [7, 11) is 0. The highest BCUT2D eigenvalue weighted by Crippen LogP contribution is 2.10. The lowest BCUT2D eigenvalue weighted by Gasteiger charge is -2.34. The molecule has 0 aliphatic carbocycles. The molecule has 0 unspecified atom stereocenters. The van der Waals surface area contributed by atoms with E-state index in [9.17, 15) is 9.59 Å². The first-order valence-corrected chi connectivity index (χ1v) is 7.98. The molecule has 0 aromatic carbocycles. The Hall–Kier alpha value is -2.71. The van der Waals surface area contributed by atoms with Gasteiger partial charge in [-0.25, -0.2) is 9.89 Å². The first-order chi connectivity index (χ1) is 11.5. The van der Waals surface area contributed by atoms with Crippen LogP contribution in [0.3, 0.4) is 0 Å².